The number of methoxy groups -OCH3 is 2. The molecule has 0 bridgehead atoms. The molecule has 1 fully saturated rings. The lowest BCUT2D eigenvalue weighted by Crippen LogP contribution is -2.43. The van der Waals surface area contributed by atoms with Gasteiger partial charge in [0.05, 0.1) is 39.4 Å². The highest BCUT2D eigenvalue weighted by atomic mass is 32.2. The Morgan fingerprint density at radius 3 is 2.55 bits per heavy atom. The average molecular weight is 474 g/mol. The second kappa shape index (κ2) is 12.7. The average Bonchev–Trinajstić information content (AvgIpc) is 2.87. The zero-order chi connectivity index (χ0) is 23.5. The standard InChI is InChI=1S/C23H27N3O6S/c1-29-18-4-6-19(7-5-18)33-16-22(27)25-24-14-17-3-8-20(21(13-17)30-2)32-15-23(28)26-9-11-31-12-10-26/h3-8,13-14H,9-12,15-16H2,1-2H3,(H,25,27)/b24-14+. The van der Waals surface area contributed by atoms with E-state index < -0.39 is 0 Å². The molecule has 0 aromatic heterocycles. The number of hydrazone groups is 1. The fraction of sp³-hybridized carbons (Fsp3) is 0.348. The minimum absolute atomic E-state index is 0.0777. The highest BCUT2D eigenvalue weighted by Gasteiger charge is 2.18. The van der Waals surface area contributed by atoms with E-state index in [0.29, 0.717) is 43.4 Å². The highest BCUT2D eigenvalue weighted by molar-refractivity contribution is 8.00. The Hall–Kier alpha value is -3.24. The Kier molecular flexibility index (Phi) is 9.40. The molecule has 1 N–H and O–H groups in total. The molecule has 3 rings (SSSR count). The van der Waals surface area contributed by atoms with Crippen LogP contribution in [0.15, 0.2) is 52.5 Å². The maximum absolute atomic E-state index is 12.3. The third-order valence-electron chi connectivity index (χ3n) is 4.73. The summed E-state index contributed by atoms with van der Waals surface area (Å²) in [6.07, 6.45) is 1.52. The second-order valence-electron chi connectivity index (χ2n) is 6.95. The van der Waals surface area contributed by atoms with Crippen LogP contribution in [-0.4, -0.2) is 75.8 Å². The van der Waals surface area contributed by atoms with Gasteiger partial charge in [0, 0.05) is 18.0 Å². The summed E-state index contributed by atoms with van der Waals surface area (Å²) in [7, 11) is 3.13. The zero-order valence-corrected chi connectivity index (χ0v) is 19.4. The minimum atomic E-state index is -0.222. The quantitative estimate of drug-likeness (QED) is 0.321. The largest absolute Gasteiger partial charge is 0.497 e. The van der Waals surface area contributed by atoms with Crippen molar-refractivity contribution in [2.75, 3.05) is 52.9 Å². The molecule has 9 nitrogen and oxygen atoms in total. The summed E-state index contributed by atoms with van der Waals surface area (Å²) in [6.45, 7) is 2.14. The molecule has 1 saturated heterocycles. The van der Waals surface area contributed by atoms with Crippen molar-refractivity contribution in [1.82, 2.24) is 10.3 Å². The summed E-state index contributed by atoms with van der Waals surface area (Å²) in [5.74, 6) is 1.61. The number of morpholine rings is 1. The number of ether oxygens (including phenoxy) is 4. The van der Waals surface area contributed by atoms with Crippen LogP contribution in [0.2, 0.25) is 0 Å². The van der Waals surface area contributed by atoms with Crippen molar-refractivity contribution >= 4 is 29.8 Å². The smallest absolute Gasteiger partial charge is 0.260 e. The number of nitrogens with zero attached hydrogens (tertiary/aromatic N) is 2. The SMILES string of the molecule is COc1ccc(SCC(=O)N/N=C/c2ccc(OCC(=O)N3CCOCC3)c(OC)c2)cc1. The molecular formula is C23H27N3O6S. The Morgan fingerprint density at radius 2 is 1.85 bits per heavy atom. The topological polar surface area (TPSA) is 98.7 Å². The first kappa shape index (κ1) is 24.4. The van der Waals surface area contributed by atoms with Crippen molar-refractivity contribution in [3.63, 3.8) is 0 Å². The van der Waals surface area contributed by atoms with Gasteiger partial charge in [-0.05, 0) is 48.0 Å². The number of nitrogens with one attached hydrogen (secondary N) is 1. The predicted molar refractivity (Wildman–Crippen MR) is 125 cm³/mol. The van der Waals surface area contributed by atoms with Gasteiger partial charge in [-0.15, -0.1) is 11.8 Å². The molecule has 176 valence electrons. The van der Waals surface area contributed by atoms with E-state index in [1.165, 1.54) is 25.1 Å². The molecule has 0 spiro atoms. The van der Waals surface area contributed by atoms with Gasteiger partial charge < -0.3 is 23.8 Å². The molecule has 1 aliphatic rings. The van der Waals surface area contributed by atoms with Crippen LogP contribution in [-0.2, 0) is 14.3 Å². The van der Waals surface area contributed by atoms with Crippen LogP contribution in [0.5, 0.6) is 17.2 Å². The third kappa shape index (κ3) is 7.69. The first-order valence-corrected chi connectivity index (χ1v) is 11.3. The van der Waals surface area contributed by atoms with Crippen molar-refractivity contribution < 1.29 is 28.5 Å². The maximum atomic E-state index is 12.3. The first-order chi connectivity index (χ1) is 16.1. The van der Waals surface area contributed by atoms with E-state index in [1.54, 1.807) is 30.2 Å². The van der Waals surface area contributed by atoms with Gasteiger partial charge in [-0.3, -0.25) is 9.59 Å². The van der Waals surface area contributed by atoms with Crippen LogP contribution in [0.25, 0.3) is 0 Å². The minimum Gasteiger partial charge on any atom is -0.497 e. The molecule has 0 aliphatic carbocycles. The van der Waals surface area contributed by atoms with E-state index in [4.69, 9.17) is 18.9 Å². The van der Waals surface area contributed by atoms with Gasteiger partial charge in [0.15, 0.2) is 18.1 Å². The number of rotatable bonds is 10. The lowest BCUT2D eigenvalue weighted by molar-refractivity contribution is -0.137. The van der Waals surface area contributed by atoms with Crippen molar-refractivity contribution in [2.24, 2.45) is 5.10 Å². The third-order valence-corrected chi connectivity index (χ3v) is 5.75. The molecule has 0 unspecified atom stereocenters. The normalized spacial score (nSPS) is 13.6. The lowest BCUT2D eigenvalue weighted by atomic mass is 10.2. The van der Waals surface area contributed by atoms with Gasteiger partial charge in [0.2, 0.25) is 5.91 Å². The lowest BCUT2D eigenvalue weighted by Gasteiger charge is -2.26. The molecule has 2 aromatic carbocycles. The predicted octanol–water partition coefficient (Wildman–Crippen LogP) is 2.18. The summed E-state index contributed by atoms with van der Waals surface area (Å²) in [4.78, 5) is 27.0. The second-order valence-corrected chi connectivity index (χ2v) is 8.00. The summed E-state index contributed by atoms with van der Waals surface area (Å²) in [5, 5.41) is 3.99. The van der Waals surface area contributed by atoms with Crippen molar-refractivity contribution in [3.05, 3.63) is 48.0 Å². The van der Waals surface area contributed by atoms with E-state index in [9.17, 15) is 9.59 Å². The fourth-order valence-corrected chi connectivity index (χ4v) is 3.65. The highest BCUT2D eigenvalue weighted by Crippen LogP contribution is 2.27. The van der Waals surface area contributed by atoms with Gasteiger partial charge in [-0.25, -0.2) is 5.43 Å². The molecule has 0 atom stereocenters. The van der Waals surface area contributed by atoms with Crippen LogP contribution < -0.4 is 19.6 Å². The van der Waals surface area contributed by atoms with Crippen molar-refractivity contribution in [1.29, 1.82) is 0 Å². The molecule has 1 aliphatic heterocycles. The summed E-state index contributed by atoms with van der Waals surface area (Å²) >= 11 is 1.40. The van der Waals surface area contributed by atoms with Gasteiger partial charge in [0.25, 0.3) is 5.91 Å². The number of carbonyl (C=O) groups excluding carboxylic acids is 2. The zero-order valence-electron chi connectivity index (χ0n) is 18.6. The Labute approximate surface area is 197 Å². The molecule has 2 amide bonds. The Balaban J connectivity index is 1.46. The van der Waals surface area contributed by atoms with Crippen LogP contribution in [0.3, 0.4) is 0 Å². The molecule has 33 heavy (non-hydrogen) atoms. The number of thioether (sulfide) groups is 1. The van der Waals surface area contributed by atoms with E-state index in [0.717, 1.165) is 10.6 Å². The molecule has 2 aromatic rings. The molecule has 10 heteroatoms. The Morgan fingerprint density at radius 1 is 1.09 bits per heavy atom. The monoisotopic (exact) mass is 473 g/mol. The summed E-state index contributed by atoms with van der Waals surface area (Å²) < 4.78 is 21.4. The first-order valence-electron chi connectivity index (χ1n) is 10.3. The van der Waals surface area contributed by atoms with Gasteiger partial charge in [0.1, 0.15) is 5.75 Å². The van der Waals surface area contributed by atoms with Crippen LogP contribution >= 0.6 is 11.8 Å². The van der Waals surface area contributed by atoms with E-state index in [-0.39, 0.29) is 24.2 Å². The van der Waals surface area contributed by atoms with Gasteiger partial charge in [-0.2, -0.15) is 5.10 Å². The van der Waals surface area contributed by atoms with Crippen molar-refractivity contribution in [3.8, 4) is 17.2 Å². The van der Waals surface area contributed by atoms with Crippen molar-refractivity contribution in [2.45, 2.75) is 4.90 Å². The number of benzene rings is 2. The van der Waals surface area contributed by atoms with Gasteiger partial charge in [-0.1, -0.05) is 0 Å². The number of hydrogen-bond donors (Lipinski definition) is 1. The molecule has 1 heterocycles. The van der Waals surface area contributed by atoms with E-state index >= 15 is 0 Å². The fourth-order valence-electron chi connectivity index (χ4n) is 2.96. The number of hydrogen-bond acceptors (Lipinski definition) is 8. The van der Waals surface area contributed by atoms with Crippen LogP contribution in [0.4, 0.5) is 0 Å². The number of carbonyl (C=O) groups is 2. The summed E-state index contributed by atoms with van der Waals surface area (Å²) in [6, 6.07) is 12.7. The maximum Gasteiger partial charge on any atom is 0.260 e. The molecular weight excluding hydrogens is 446 g/mol. The van der Waals surface area contributed by atoms with Crippen LogP contribution in [0.1, 0.15) is 5.56 Å². The van der Waals surface area contributed by atoms with E-state index in [2.05, 4.69) is 10.5 Å². The molecule has 0 saturated carbocycles. The van der Waals surface area contributed by atoms with Crippen LogP contribution in [0, 0.1) is 0 Å². The summed E-state index contributed by atoms with van der Waals surface area (Å²) in [5.41, 5.74) is 3.22. The number of amides is 2. The van der Waals surface area contributed by atoms with E-state index in [1.807, 2.05) is 24.3 Å². The van der Waals surface area contributed by atoms with Gasteiger partial charge >= 0.3 is 0 Å². The molecule has 0 radical (unpaired) electrons. The Bertz CT molecular complexity index is 961.